The SMILES string of the molecule is CC(=O)N1CCC[C@H]1C(=O)N(CCc1ccccc1)C1CCN(C)CC1. The molecular weight excluding hydrogens is 326 g/mol. The summed E-state index contributed by atoms with van der Waals surface area (Å²) in [5, 5.41) is 0. The molecule has 2 aliphatic heterocycles. The van der Waals surface area contributed by atoms with E-state index in [0.717, 1.165) is 51.7 Å². The molecule has 0 saturated carbocycles. The van der Waals surface area contributed by atoms with Gasteiger partial charge in [0.25, 0.3) is 0 Å². The predicted molar refractivity (Wildman–Crippen MR) is 103 cm³/mol. The summed E-state index contributed by atoms with van der Waals surface area (Å²) in [5.74, 6) is 0.176. The summed E-state index contributed by atoms with van der Waals surface area (Å²) in [6.45, 7) is 5.09. The van der Waals surface area contributed by atoms with Gasteiger partial charge in [-0.3, -0.25) is 9.59 Å². The second-order valence-corrected chi connectivity index (χ2v) is 7.67. The second-order valence-electron chi connectivity index (χ2n) is 7.67. The topological polar surface area (TPSA) is 43.9 Å². The van der Waals surface area contributed by atoms with Gasteiger partial charge in [0.05, 0.1) is 0 Å². The first-order chi connectivity index (χ1) is 12.6. The minimum absolute atomic E-state index is 0.0206. The number of hydrogen-bond acceptors (Lipinski definition) is 3. The highest BCUT2D eigenvalue weighted by Gasteiger charge is 2.37. The second kappa shape index (κ2) is 8.67. The monoisotopic (exact) mass is 357 g/mol. The average Bonchev–Trinajstić information content (AvgIpc) is 3.14. The normalized spacial score (nSPS) is 21.8. The molecule has 2 fully saturated rings. The summed E-state index contributed by atoms with van der Waals surface area (Å²) in [5.41, 5.74) is 1.26. The zero-order valence-electron chi connectivity index (χ0n) is 16.1. The van der Waals surface area contributed by atoms with Crippen molar-refractivity contribution in [2.45, 2.75) is 51.1 Å². The highest BCUT2D eigenvalue weighted by Crippen LogP contribution is 2.24. The van der Waals surface area contributed by atoms with Crippen molar-refractivity contribution >= 4 is 11.8 Å². The fraction of sp³-hybridized carbons (Fsp3) is 0.619. The number of amides is 2. The number of carbonyl (C=O) groups excluding carboxylic acids is 2. The van der Waals surface area contributed by atoms with Crippen LogP contribution in [0.15, 0.2) is 30.3 Å². The number of carbonyl (C=O) groups is 2. The Hall–Kier alpha value is -1.88. The number of likely N-dealkylation sites (tertiary alicyclic amines) is 2. The Kier molecular flexibility index (Phi) is 6.30. The molecule has 142 valence electrons. The summed E-state index contributed by atoms with van der Waals surface area (Å²) in [6, 6.07) is 10.4. The highest BCUT2D eigenvalue weighted by molar-refractivity contribution is 5.87. The van der Waals surface area contributed by atoms with Crippen LogP contribution in [0.1, 0.15) is 38.2 Å². The molecule has 0 unspecified atom stereocenters. The molecule has 2 amide bonds. The van der Waals surface area contributed by atoms with E-state index in [9.17, 15) is 9.59 Å². The molecule has 2 saturated heterocycles. The van der Waals surface area contributed by atoms with E-state index in [1.165, 1.54) is 5.56 Å². The zero-order valence-corrected chi connectivity index (χ0v) is 16.1. The molecule has 5 nitrogen and oxygen atoms in total. The lowest BCUT2D eigenvalue weighted by Crippen LogP contribution is -2.53. The van der Waals surface area contributed by atoms with Gasteiger partial charge in [0.1, 0.15) is 6.04 Å². The van der Waals surface area contributed by atoms with Gasteiger partial charge in [-0.25, -0.2) is 0 Å². The van der Waals surface area contributed by atoms with Crippen molar-refractivity contribution in [3.05, 3.63) is 35.9 Å². The van der Waals surface area contributed by atoms with Crippen LogP contribution < -0.4 is 0 Å². The van der Waals surface area contributed by atoms with Gasteiger partial charge in [-0.2, -0.15) is 0 Å². The Morgan fingerprint density at radius 2 is 1.77 bits per heavy atom. The van der Waals surface area contributed by atoms with Gasteiger partial charge < -0.3 is 14.7 Å². The number of rotatable bonds is 5. The smallest absolute Gasteiger partial charge is 0.245 e. The fourth-order valence-electron chi connectivity index (χ4n) is 4.27. The number of piperidine rings is 1. The van der Waals surface area contributed by atoms with Crippen molar-refractivity contribution < 1.29 is 9.59 Å². The lowest BCUT2D eigenvalue weighted by molar-refractivity contribution is -0.145. The molecule has 1 aromatic carbocycles. The van der Waals surface area contributed by atoms with E-state index < -0.39 is 0 Å². The molecule has 0 N–H and O–H groups in total. The molecular formula is C21H31N3O2. The van der Waals surface area contributed by atoms with Crippen LogP contribution >= 0.6 is 0 Å². The van der Waals surface area contributed by atoms with E-state index in [1.54, 1.807) is 11.8 Å². The number of hydrogen-bond donors (Lipinski definition) is 0. The number of benzene rings is 1. The lowest BCUT2D eigenvalue weighted by atomic mass is 10.0. The molecule has 2 heterocycles. The van der Waals surface area contributed by atoms with Gasteiger partial charge in [-0.1, -0.05) is 30.3 Å². The van der Waals surface area contributed by atoms with Crippen molar-refractivity contribution in [3.8, 4) is 0 Å². The molecule has 26 heavy (non-hydrogen) atoms. The Bertz CT molecular complexity index is 611. The Labute approximate surface area is 156 Å². The third kappa shape index (κ3) is 4.44. The van der Waals surface area contributed by atoms with Crippen LogP contribution in [0.4, 0.5) is 0 Å². The van der Waals surface area contributed by atoms with E-state index in [2.05, 4.69) is 29.0 Å². The van der Waals surface area contributed by atoms with Crippen LogP contribution in [0.25, 0.3) is 0 Å². The molecule has 3 rings (SSSR count). The maximum atomic E-state index is 13.4. The quantitative estimate of drug-likeness (QED) is 0.811. The van der Waals surface area contributed by atoms with Crippen LogP contribution in [0, 0.1) is 0 Å². The Balaban J connectivity index is 1.73. The van der Waals surface area contributed by atoms with Crippen molar-refractivity contribution in [2.24, 2.45) is 0 Å². The molecule has 0 aliphatic carbocycles. The van der Waals surface area contributed by atoms with Crippen LogP contribution in [-0.4, -0.2) is 71.8 Å². The minimum atomic E-state index is -0.261. The van der Waals surface area contributed by atoms with E-state index in [4.69, 9.17) is 0 Å². The van der Waals surface area contributed by atoms with E-state index >= 15 is 0 Å². The summed E-state index contributed by atoms with van der Waals surface area (Å²) >= 11 is 0. The zero-order chi connectivity index (χ0) is 18.5. The first kappa shape index (κ1) is 18.9. The Morgan fingerprint density at radius 3 is 2.42 bits per heavy atom. The summed E-state index contributed by atoms with van der Waals surface area (Å²) in [4.78, 5) is 31.5. The predicted octanol–water partition coefficient (Wildman–Crippen LogP) is 2.16. The molecule has 0 bridgehead atoms. The third-order valence-electron chi connectivity index (χ3n) is 5.84. The lowest BCUT2D eigenvalue weighted by Gasteiger charge is -2.39. The van der Waals surface area contributed by atoms with Crippen molar-refractivity contribution in [1.29, 1.82) is 0 Å². The molecule has 1 aromatic rings. The van der Waals surface area contributed by atoms with Crippen LogP contribution in [-0.2, 0) is 16.0 Å². The van der Waals surface area contributed by atoms with Crippen molar-refractivity contribution in [1.82, 2.24) is 14.7 Å². The van der Waals surface area contributed by atoms with Crippen molar-refractivity contribution in [3.63, 3.8) is 0 Å². The maximum Gasteiger partial charge on any atom is 0.245 e. The van der Waals surface area contributed by atoms with E-state index in [1.807, 2.05) is 18.2 Å². The maximum absolute atomic E-state index is 13.4. The standard InChI is InChI=1S/C21H31N3O2/c1-17(25)23-13-6-9-20(23)21(26)24(19-11-14-22(2)15-12-19)16-10-18-7-4-3-5-8-18/h3-5,7-8,19-20H,6,9-16H2,1-2H3/t20-/m0/s1. The third-order valence-corrected chi connectivity index (χ3v) is 5.84. The number of nitrogens with zero attached hydrogens (tertiary/aromatic N) is 3. The van der Waals surface area contributed by atoms with Crippen LogP contribution in [0.3, 0.4) is 0 Å². The summed E-state index contributed by atoms with van der Waals surface area (Å²) in [7, 11) is 2.14. The minimum Gasteiger partial charge on any atom is -0.337 e. The van der Waals surface area contributed by atoms with Crippen LogP contribution in [0.5, 0.6) is 0 Å². The molecule has 5 heteroatoms. The fourth-order valence-corrected chi connectivity index (χ4v) is 4.27. The first-order valence-electron chi connectivity index (χ1n) is 9.86. The van der Waals surface area contributed by atoms with Gasteiger partial charge in [-0.15, -0.1) is 0 Å². The largest absolute Gasteiger partial charge is 0.337 e. The van der Waals surface area contributed by atoms with Gasteiger partial charge in [-0.05, 0) is 57.8 Å². The summed E-state index contributed by atoms with van der Waals surface area (Å²) in [6.07, 6.45) is 4.63. The average molecular weight is 357 g/mol. The molecule has 0 aromatic heterocycles. The highest BCUT2D eigenvalue weighted by atomic mass is 16.2. The van der Waals surface area contributed by atoms with Crippen molar-refractivity contribution in [2.75, 3.05) is 33.2 Å². The van der Waals surface area contributed by atoms with E-state index in [-0.39, 0.29) is 23.9 Å². The summed E-state index contributed by atoms with van der Waals surface area (Å²) < 4.78 is 0. The van der Waals surface area contributed by atoms with Gasteiger partial charge >= 0.3 is 0 Å². The molecule has 0 spiro atoms. The molecule has 2 aliphatic rings. The van der Waals surface area contributed by atoms with Gasteiger partial charge in [0, 0.05) is 26.1 Å². The Morgan fingerprint density at radius 1 is 1.08 bits per heavy atom. The first-order valence-corrected chi connectivity index (χ1v) is 9.86. The molecule has 0 radical (unpaired) electrons. The molecule has 1 atom stereocenters. The van der Waals surface area contributed by atoms with Gasteiger partial charge in [0.15, 0.2) is 0 Å². The van der Waals surface area contributed by atoms with Crippen LogP contribution in [0.2, 0.25) is 0 Å². The van der Waals surface area contributed by atoms with Gasteiger partial charge in [0.2, 0.25) is 11.8 Å². The van der Waals surface area contributed by atoms with E-state index in [0.29, 0.717) is 6.54 Å².